The number of hydrogen-bond acceptors (Lipinski definition) is 3. The minimum atomic E-state index is -0.515. The number of aliphatic hydroxyl groups excluding tert-OH is 1. The van der Waals surface area contributed by atoms with Crippen LogP contribution in [-0.2, 0) is 0 Å². The molecule has 1 aromatic carbocycles. The van der Waals surface area contributed by atoms with Gasteiger partial charge in [0.2, 0.25) is 0 Å². The van der Waals surface area contributed by atoms with Gasteiger partial charge in [0.25, 0.3) is 0 Å². The van der Waals surface area contributed by atoms with Crippen molar-refractivity contribution in [2.24, 2.45) is 0 Å². The molecule has 0 aliphatic carbocycles. The zero-order chi connectivity index (χ0) is 15.0. The Morgan fingerprint density at radius 2 is 2.10 bits per heavy atom. The topological polar surface area (TPSA) is 26.7 Å². The summed E-state index contributed by atoms with van der Waals surface area (Å²) in [6, 6.07) is 7.27. The van der Waals surface area contributed by atoms with Crippen molar-refractivity contribution in [3.05, 3.63) is 28.8 Å². The fourth-order valence-corrected chi connectivity index (χ4v) is 4.08. The predicted octanol–water partition coefficient (Wildman–Crippen LogP) is 3.46. The van der Waals surface area contributed by atoms with Gasteiger partial charge in [-0.3, -0.25) is 4.90 Å². The number of nitrogens with zero attached hydrogens (tertiary/aromatic N) is 2. The number of halogens is 1. The molecule has 0 radical (unpaired) electrons. The van der Waals surface area contributed by atoms with Crippen molar-refractivity contribution in [1.82, 2.24) is 4.90 Å². The number of piperazine rings is 1. The van der Waals surface area contributed by atoms with Gasteiger partial charge >= 0.3 is 0 Å². The van der Waals surface area contributed by atoms with Crippen LogP contribution in [0.3, 0.4) is 0 Å². The van der Waals surface area contributed by atoms with Gasteiger partial charge in [-0.15, -0.1) is 0 Å². The Hall–Kier alpha value is -0.770. The minimum absolute atomic E-state index is 0.507. The lowest BCUT2D eigenvalue weighted by atomic mass is 9.96. The second kappa shape index (κ2) is 6.15. The minimum Gasteiger partial charge on any atom is -0.389 e. The average Bonchev–Trinajstić information content (AvgIpc) is 2.46. The maximum Gasteiger partial charge on any atom is 0.0776 e. The van der Waals surface area contributed by atoms with E-state index < -0.39 is 6.10 Å². The highest BCUT2D eigenvalue weighted by Crippen LogP contribution is 2.32. The Kier molecular flexibility index (Phi) is 4.43. The van der Waals surface area contributed by atoms with Crippen LogP contribution in [0.2, 0.25) is 5.02 Å². The van der Waals surface area contributed by atoms with Gasteiger partial charge in [0.05, 0.1) is 6.10 Å². The van der Waals surface area contributed by atoms with E-state index in [0.717, 1.165) is 18.7 Å². The van der Waals surface area contributed by atoms with Crippen LogP contribution in [0, 0.1) is 0 Å². The van der Waals surface area contributed by atoms with Crippen molar-refractivity contribution < 1.29 is 5.11 Å². The van der Waals surface area contributed by atoms with Gasteiger partial charge in [-0.2, -0.15) is 0 Å². The summed E-state index contributed by atoms with van der Waals surface area (Å²) in [5.41, 5.74) is 1.99. The molecule has 116 valence electrons. The van der Waals surface area contributed by atoms with E-state index in [2.05, 4.69) is 22.8 Å². The molecule has 21 heavy (non-hydrogen) atoms. The van der Waals surface area contributed by atoms with Crippen LogP contribution in [0.15, 0.2) is 18.2 Å². The molecule has 3 nitrogen and oxygen atoms in total. The molecule has 2 heterocycles. The predicted molar refractivity (Wildman–Crippen MR) is 88.1 cm³/mol. The monoisotopic (exact) mass is 308 g/mol. The fourth-order valence-electron chi connectivity index (χ4n) is 3.75. The molecule has 4 heteroatoms. The van der Waals surface area contributed by atoms with Crippen molar-refractivity contribution in [3.8, 4) is 0 Å². The van der Waals surface area contributed by atoms with E-state index in [9.17, 15) is 5.11 Å². The Labute approximate surface area is 132 Å². The number of fused-ring (bicyclic) bond motifs is 1. The average molecular weight is 309 g/mol. The summed E-state index contributed by atoms with van der Waals surface area (Å²) < 4.78 is 0. The first-order chi connectivity index (χ1) is 10.1. The van der Waals surface area contributed by atoms with E-state index >= 15 is 0 Å². The maximum atomic E-state index is 9.71. The van der Waals surface area contributed by atoms with Crippen LogP contribution in [0.1, 0.15) is 44.8 Å². The lowest BCUT2D eigenvalue weighted by Gasteiger charge is -2.48. The lowest BCUT2D eigenvalue weighted by Crippen LogP contribution is -2.58. The van der Waals surface area contributed by atoms with E-state index in [1.54, 1.807) is 6.92 Å². The normalized spacial score (nSPS) is 28.3. The molecule has 0 aromatic heterocycles. The van der Waals surface area contributed by atoms with Gasteiger partial charge in [-0.1, -0.05) is 24.1 Å². The molecule has 0 spiro atoms. The van der Waals surface area contributed by atoms with Gasteiger partial charge in [-0.05, 0) is 50.9 Å². The summed E-state index contributed by atoms with van der Waals surface area (Å²) in [6.45, 7) is 7.53. The molecule has 2 aliphatic rings. The zero-order valence-electron chi connectivity index (χ0n) is 12.9. The Morgan fingerprint density at radius 3 is 2.81 bits per heavy atom. The standard InChI is InChI=1S/C17H25ClN2O/c1-12-10-19-8-4-3-5-15(19)11-20(12)14-6-7-16(13(2)21)17(18)9-14/h6-7,9,12-13,15,21H,3-5,8,10-11H2,1-2H3. The highest BCUT2D eigenvalue weighted by atomic mass is 35.5. The number of piperidine rings is 1. The highest BCUT2D eigenvalue weighted by molar-refractivity contribution is 6.31. The van der Waals surface area contributed by atoms with Gasteiger partial charge in [0.1, 0.15) is 0 Å². The molecular weight excluding hydrogens is 284 g/mol. The number of aliphatic hydroxyl groups is 1. The third-order valence-corrected chi connectivity index (χ3v) is 5.28. The fraction of sp³-hybridized carbons (Fsp3) is 0.647. The second-order valence-corrected chi connectivity index (χ2v) is 6.93. The van der Waals surface area contributed by atoms with E-state index in [0.29, 0.717) is 17.1 Å². The van der Waals surface area contributed by atoms with Crippen LogP contribution in [0.4, 0.5) is 5.69 Å². The number of hydrogen-bond donors (Lipinski definition) is 1. The van der Waals surface area contributed by atoms with E-state index in [4.69, 9.17) is 11.6 Å². The van der Waals surface area contributed by atoms with Crippen molar-refractivity contribution >= 4 is 17.3 Å². The summed E-state index contributed by atoms with van der Waals surface area (Å²) >= 11 is 6.33. The van der Waals surface area contributed by atoms with Crippen LogP contribution in [0.5, 0.6) is 0 Å². The van der Waals surface area contributed by atoms with Gasteiger partial charge < -0.3 is 10.0 Å². The van der Waals surface area contributed by atoms with Crippen molar-refractivity contribution in [1.29, 1.82) is 0 Å². The largest absolute Gasteiger partial charge is 0.389 e. The molecule has 3 atom stereocenters. The zero-order valence-corrected chi connectivity index (χ0v) is 13.7. The first-order valence-corrected chi connectivity index (χ1v) is 8.42. The van der Waals surface area contributed by atoms with Crippen molar-refractivity contribution in [3.63, 3.8) is 0 Å². The summed E-state index contributed by atoms with van der Waals surface area (Å²) in [4.78, 5) is 5.13. The highest BCUT2D eigenvalue weighted by Gasteiger charge is 2.33. The van der Waals surface area contributed by atoms with Gasteiger partial charge in [0, 0.05) is 35.9 Å². The Balaban J connectivity index is 1.81. The van der Waals surface area contributed by atoms with E-state index in [1.165, 1.54) is 31.5 Å². The van der Waals surface area contributed by atoms with Gasteiger partial charge in [-0.25, -0.2) is 0 Å². The summed E-state index contributed by atoms with van der Waals surface area (Å²) in [5.74, 6) is 0. The number of anilines is 1. The van der Waals surface area contributed by atoms with Crippen molar-refractivity contribution in [2.75, 3.05) is 24.5 Å². The van der Waals surface area contributed by atoms with Crippen LogP contribution in [0.25, 0.3) is 0 Å². The number of rotatable bonds is 2. The molecule has 2 fully saturated rings. The Morgan fingerprint density at radius 1 is 1.29 bits per heavy atom. The molecule has 0 amide bonds. The van der Waals surface area contributed by atoms with E-state index in [1.807, 2.05) is 12.1 Å². The molecular formula is C17H25ClN2O. The summed E-state index contributed by atoms with van der Waals surface area (Å²) in [5, 5.41) is 10.4. The molecule has 1 N–H and O–H groups in total. The second-order valence-electron chi connectivity index (χ2n) is 6.53. The summed E-state index contributed by atoms with van der Waals surface area (Å²) in [6.07, 6.45) is 3.49. The molecule has 3 unspecified atom stereocenters. The molecule has 0 bridgehead atoms. The van der Waals surface area contributed by atoms with Crippen LogP contribution >= 0.6 is 11.6 Å². The molecule has 3 rings (SSSR count). The first kappa shape index (κ1) is 15.1. The maximum absolute atomic E-state index is 9.71. The third kappa shape index (κ3) is 3.05. The SMILES string of the molecule is CC(O)c1ccc(N2CC3CCCCN3CC2C)cc1Cl. The first-order valence-electron chi connectivity index (χ1n) is 8.04. The summed E-state index contributed by atoms with van der Waals surface area (Å²) in [7, 11) is 0. The lowest BCUT2D eigenvalue weighted by molar-refractivity contribution is 0.115. The van der Waals surface area contributed by atoms with E-state index in [-0.39, 0.29) is 0 Å². The molecule has 0 saturated carbocycles. The van der Waals surface area contributed by atoms with Crippen LogP contribution in [-0.4, -0.2) is 41.7 Å². The quantitative estimate of drug-likeness (QED) is 0.906. The third-order valence-electron chi connectivity index (χ3n) is 4.95. The number of benzene rings is 1. The van der Waals surface area contributed by atoms with Gasteiger partial charge in [0.15, 0.2) is 0 Å². The molecule has 2 aliphatic heterocycles. The molecule has 1 aromatic rings. The smallest absolute Gasteiger partial charge is 0.0776 e. The molecule has 2 saturated heterocycles. The van der Waals surface area contributed by atoms with Crippen molar-refractivity contribution in [2.45, 2.75) is 51.3 Å². The Bertz CT molecular complexity index is 506. The van der Waals surface area contributed by atoms with Crippen LogP contribution < -0.4 is 4.90 Å².